The minimum atomic E-state index is -1.85. The lowest BCUT2D eigenvalue weighted by Crippen LogP contribution is -2.39. The molecular formula is C25H24ClFN6O5S2. The molecule has 2 amide bonds. The summed E-state index contributed by atoms with van der Waals surface area (Å²) in [6.45, 7) is 4.68. The number of hydrogen-bond donors (Lipinski definition) is 4. The van der Waals surface area contributed by atoms with E-state index in [1.54, 1.807) is 24.3 Å². The van der Waals surface area contributed by atoms with Gasteiger partial charge in [-0.15, -0.1) is 11.3 Å². The summed E-state index contributed by atoms with van der Waals surface area (Å²) in [7, 11) is -1.85. The zero-order valence-corrected chi connectivity index (χ0v) is 23.3. The average Bonchev–Trinajstić information content (AvgIpc) is 3.37. The molecule has 1 saturated heterocycles. The first-order valence-corrected chi connectivity index (χ1v) is 14.5. The number of H-pyrrole nitrogens is 1. The quantitative estimate of drug-likeness (QED) is 0.242. The number of benzene rings is 2. The molecule has 1 unspecified atom stereocenters. The largest absolute Gasteiger partial charge is 0.384 e. The highest BCUT2D eigenvalue weighted by Gasteiger charge is 2.16. The number of thiophene rings is 1. The standard InChI is InChI=1S/C25H24ClFN6O5S2/c26-21-5-6-22(39-21)40(37)31-24(35)29-16-2-4-20(18(27)13-16)33-23(34)17-3-1-15(14-19(17)30-25(33)36)28-7-8-32-9-11-38-12-10-32/h1-6,13-14,28H,7-12H2,(H,30,36)(H2,29,31,35). The number of fused-ring (bicyclic) bond motifs is 1. The molecule has 40 heavy (non-hydrogen) atoms. The highest BCUT2D eigenvalue weighted by atomic mass is 35.5. The van der Waals surface area contributed by atoms with E-state index in [-0.39, 0.29) is 16.8 Å². The minimum Gasteiger partial charge on any atom is -0.384 e. The highest BCUT2D eigenvalue weighted by Crippen LogP contribution is 2.24. The van der Waals surface area contributed by atoms with Gasteiger partial charge in [0.1, 0.15) is 10.0 Å². The lowest BCUT2D eigenvalue weighted by atomic mass is 10.2. The number of hydrogen-bond acceptors (Lipinski definition) is 8. The molecule has 4 N–H and O–H groups in total. The third-order valence-electron chi connectivity index (χ3n) is 6.12. The van der Waals surface area contributed by atoms with Crippen LogP contribution in [0.5, 0.6) is 0 Å². The number of carbonyl (C=O) groups is 1. The van der Waals surface area contributed by atoms with Crippen LogP contribution in [0.4, 0.5) is 20.6 Å². The molecule has 0 bridgehead atoms. The minimum absolute atomic E-state index is 0.0259. The maximum Gasteiger partial charge on any atom is 0.333 e. The van der Waals surface area contributed by atoms with Gasteiger partial charge in [-0.2, -0.15) is 0 Å². The first-order valence-electron chi connectivity index (χ1n) is 12.2. The molecular weight excluding hydrogens is 583 g/mol. The predicted molar refractivity (Wildman–Crippen MR) is 154 cm³/mol. The Labute approximate surface area is 238 Å². The lowest BCUT2D eigenvalue weighted by molar-refractivity contribution is 0.0398. The van der Waals surface area contributed by atoms with Gasteiger partial charge < -0.3 is 20.4 Å². The van der Waals surface area contributed by atoms with Gasteiger partial charge in [0.15, 0.2) is 11.0 Å². The monoisotopic (exact) mass is 606 g/mol. The third kappa shape index (κ3) is 6.42. The van der Waals surface area contributed by atoms with E-state index in [9.17, 15) is 18.6 Å². The SMILES string of the molecule is O=C(Nc1ccc(-n2c(=O)[nH]c3cc(NCCN4CCOCC4)ccc3c2=O)c(F)c1)NS(=O)c1ccc(Cl)s1. The van der Waals surface area contributed by atoms with Gasteiger partial charge in [-0.3, -0.25) is 14.4 Å². The topological polar surface area (TPSA) is 138 Å². The Morgan fingerprint density at radius 2 is 1.88 bits per heavy atom. The molecule has 0 radical (unpaired) electrons. The van der Waals surface area contributed by atoms with Gasteiger partial charge in [0, 0.05) is 37.6 Å². The van der Waals surface area contributed by atoms with E-state index < -0.39 is 34.1 Å². The summed E-state index contributed by atoms with van der Waals surface area (Å²) in [6.07, 6.45) is 0. The first kappa shape index (κ1) is 28.0. The maximum absolute atomic E-state index is 15.1. The van der Waals surface area contributed by atoms with Crippen LogP contribution in [0.15, 0.2) is 62.3 Å². The van der Waals surface area contributed by atoms with Crippen LogP contribution in [-0.2, 0) is 15.7 Å². The fraction of sp³-hybridized carbons (Fsp3) is 0.240. The molecule has 0 aliphatic carbocycles. The summed E-state index contributed by atoms with van der Waals surface area (Å²) in [5.74, 6) is -0.919. The van der Waals surface area contributed by atoms with Crippen molar-refractivity contribution in [3.63, 3.8) is 0 Å². The molecule has 2 aromatic carbocycles. The van der Waals surface area contributed by atoms with Crippen molar-refractivity contribution in [3.8, 4) is 5.69 Å². The number of nitrogens with one attached hydrogen (secondary N) is 4. The predicted octanol–water partition coefficient (Wildman–Crippen LogP) is 3.12. The van der Waals surface area contributed by atoms with Gasteiger partial charge in [-0.1, -0.05) is 11.6 Å². The van der Waals surface area contributed by atoms with Crippen molar-refractivity contribution in [3.05, 3.63) is 79.5 Å². The molecule has 11 nitrogen and oxygen atoms in total. The summed E-state index contributed by atoms with van der Waals surface area (Å²) in [5.41, 5.74) is -0.720. The Balaban J connectivity index is 1.29. The van der Waals surface area contributed by atoms with Crippen LogP contribution < -0.4 is 26.6 Å². The van der Waals surface area contributed by atoms with Crippen LogP contribution in [-0.4, -0.2) is 64.1 Å². The summed E-state index contributed by atoms with van der Waals surface area (Å²) in [6, 6.07) is 10.7. The lowest BCUT2D eigenvalue weighted by Gasteiger charge is -2.26. The van der Waals surface area contributed by atoms with E-state index in [0.29, 0.717) is 38.4 Å². The maximum atomic E-state index is 15.1. The van der Waals surface area contributed by atoms with E-state index in [2.05, 4.69) is 25.2 Å². The van der Waals surface area contributed by atoms with Gasteiger partial charge in [-0.05, 0) is 48.5 Å². The summed E-state index contributed by atoms with van der Waals surface area (Å²) in [4.78, 5) is 43.1. The first-order chi connectivity index (χ1) is 19.3. The summed E-state index contributed by atoms with van der Waals surface area (Å²) < 4.78 is 36.3. The molecule has 1 atom stereocenters. The van der Waals surface area contributed by atoms with Gasteiger partial charge >= 0.3 is 11.7 Å². The average molecular weight is 607 g/mol. The van der Waals surface area contributed by atoms with E-state index >= 15 is 4.39 Å². The smallest absolute Gasteiger partial charge is 0.333 e. The molecule has 5 rings (SSSR count). The van der Waals surface area contributed by atoms with Crippen molar-refractivity contribution < 1.29 is 18.1 Å². The van der Waals surface area contributed by atoms with Crippen LogP contribution in [0.3, 0.4) is 0 Å². The number of rotatable bonds is 8. The number of aromatic amines is 1. The number of nitrogens with zero attached hydrogens (tertiary/aromatic N) is 2. The molecule has 210 valence electrons. The Morgan fingerprint density at radius 1 is 1.10 bits per heavy atom. The van der Waals surface area contributed by atoms with Crippen molar-refractivity contribution in [1.29, 1.82) is 0 Å². The van der Waals surface area contributed by atoms with Crippen molar-refractivity contribution in [2.24, 2.45) is 0 Å². The number of anilines is 2. The molecule has 1 aliphatic rings. The molecule has 1 aliphatic heterocycles. The van der Waals surface area contributed by atoms with E-state index in [4.69, 9.17) is 16.3 Å². The van der Waals surface area contributed by atoms with Crippen LogP contribution in [0, 0.1) is 5.82 Å². The molecule has 15 heteroatoms. The summed E-state index contributed by atoms with van der Waals surface area (Å²) in [5, 5.41) is 5.86. The molecule has 3 heterocycles. The van der Waals surface area contributed by atoms with Gasteiger partial charge in [0.2, 0.25) is 0 Å². The highest BCUT2D eigenvalue weighted by molar-refractivity contribution is 7.86. The fourth-order valence-corrected chi connectivity index (χ4v) is 6.31. The van der Waals surface area contributed by atoms with E-state index in [0.717, 1.165) is 42.7 Å². The second-order valence-electron chi connectivity index (χ2n) is 8.76. The summed E-state index contributed by atoms with van der Waals surface area (Å²) >= 11 is 6.86. The van der Waals surface area contributed by atoms with Crippen LogP contribution >= 0.6 is 22.9 Å². The van der Waals surface area contributed by atoms with Gasteiger partial charge in [0.25, 0.3) is 5.56 Å². The van der Waals surface area contributed by atoms with Crippen molar-refractivity contribution >= 4 is 62.2 Å². The van der Waals surface area contributed by atoms with Crippen LogP contribution in [0.2, 0.25) is 4.34 Å². The third-order valence-corrected chi connectivity index (χ3v) is 8.72. The normalized spacial score (nSPS) is 14.7. The molecule has 0 saturated carbocycles. The molecule has 2 aromatic heterocycles. The number of amides is 2. The number of carbonyl (C=O) groups excluding carboxylic acids is 1. The number of ether oxygens (including phenoxy) is 1. The van der Waals surface area contributed by atoms with Gasteiger partial charge in [-0.25, -0.2) is 22.8 Å². The number of urea groups is 1. The molecule has 0 spiro atoms. The van der Waals surface area contributed by atoms with Crippen molar-refractivity contribution in [1.82, 2.24) is 19.2 Å². The number of morpholine rings is 1. The van der Waals surface area contributed by atoms with Crippen molar-refractivity contribution in [2.45, 2.75) is 4.21 Å². The fourth-order valence-electron chi connectivity index (χ4n) is 4.18. The van der Waals surface area contributed by atoms with Gasteiger partial charge in [0.05, 0.1) is 34.1 Å². The van der Waals surface area contributed by atoms with Crippen molar-refractivity contribution in [2.75, 3.05) is 50.0 Å². The second kappa shape index (κ2) is 12.3. The van der Waals surface area contributed by atoms with Crippen LogP contribution in [0.1, 0.15) is 0 Å². The second-order valence-corrected chi connectivity index (χ2v) is 11.9. The number of aromatic nitrogens is 2. The zero-order valence-electron chi connectivity index (χ0n) is 20.9. The number of halogens is 2. The zero-order chi connectivity index (χ0) is 28.2. The Kier molecular flexibility index (Phi) is 8.61. The van der Waals surface area contributed by atoms with Crippen LogP contribution in [0.25, 0.3) is 16.6 Å². The molecule has 4 aromatic rings. The molecule has 1 fully saturated rings. The Morgan fingerprint density at radius 3 is 2.60 bits per heavy atom. The van der Waals surface area contributed by atoms with E-state index in [1.165, 1.54) is 18.2 Å². The Hall–Kier alpha value is -3.56. The van der Waals surface area contributed by atoms with E-state index in [1.807, 2.05) is 0 Å². The Bertz CT molecular complexity index is 1700.